The zero-order valence-corrected chi connectivity index (χ0v) is 17.9. The van der Waals surface area contributed by atoms with E-state index in [9.17, 15) is 9.59 Å². The molecule has 1 atom stereocenters. The SMILES string of the molecule is CCCN(CC(=O)N1CCc2sccc2[C@@H]1COc1ccccc1)C(=O)NCC. The minimum absolute atomic E-state index is 0.0387. The molecule has 6 nitrogen and oxygen atoms in total. The molecule has 0 fully saturated rings. The minimum Gasteiger partial charge on any atom is -0.491 e. The van der Waals surface area contributed by atoms with Gasteiger partial charge in [-0.2, -0.15) is 0 Å². The fraction of sp³-hybridized carbons (Fsp3) is 0.455. The van der Waals surface area contributed by atoms with Crippen molar-refractivity contribution >= 4 is 23.3 Å². The molecule has 0 spiro atoms. The molecule has 3 amide bonds. The molecule has 0 saturated heterocycles. The summed E-state index contributed by atoms with van der Waals surface area (Å²) in [5.41, 5.74) is 1.16. The molecule has 156 valence electrons. The van der Waals surface area contributed by atoms with Crippen LogP contribution in [0.3, 0.4) is 0 Å². The molecule has 0 unspecified atom stereocenters. The van der Waals surface area contributed by atoms with Gasteiger partial charge < -0.3 is 19.9 Å². The van der Waals surface area contributed by atoms with Crippen molar-refractivity contribution in [2.75, 3.05) is 32.8 Å². The Morgan fingerprint density at radius 3 is 2.76 bits per heavy atom. The third-order valence-electron chi connectivity index (χ3n) is 5.00. The molecule has 0 radical (unpaired) electrons. The summed E-state index contributed by atoms with van der Waals surface area (Å²) in [6.45, 7) is 6.11. The van der Waals surface area contributed by atoms with Crippen molar-refractivity contribution in [1.82, 2.24) is 15.1 Å². The van der Waals surface area contributed by atoms with E-state index in [-0.39, 0.29) is 24.5 Å². The van der Waals surface area contributed by atoms with Gasteiger partial charge >= 0.3 is 6.03 Å². The van der Waals surface area contributed by atoms with Crippen LogP contribution in [0.2, 0.25) is 0 Å². The Labute approximate surface area is 176 Å². The van der Waals surface area contributed by atoms with Gasteiger partial charge in [-0.3, -0.25) is 4.79 Å². The van der Waals surface area contributed by atoms with Crippen LogP contribution in [-0.4, -0.2) is 54.5 Å². The van der Waals surface area contributed by atoms with Gasteiger partial charge in [0, 0.05) is 24.5 Å². The van der Waals surface area contributed by atoms with Gasteiger partial charge in [0.1, 0.15) is 18.9 Å². The van der Waals surface area contributed by atoms with E-state index in [2.05, 4.69) is 16.8 Å². The summed E-state index contributed by atoms with van der Waals surface area (Å²) in [7, 11) is 0. The number of para-hydroxylation sites is 1. The van der Waals surface area contributed by atoms with Crippen molar-refractivity contribution in [3.63, 3.8) is 0 Å². The lowest BCUT2D eigenvalue weighted by atomic mass is 10.0. The maximum absolute atomic E-state index is 13.2. The van der Waals surface area contributed by atoms with Crippen molar-refractivity contribution in [3.05, 3.63) is 52.2 Å². The van der Waals surface area contributed by atoms with Crippen molar-refractivity contribution < 1.29 is 14.3 Å². The van der Waals surface area contributed by atoms with Gasteiger partial charge in [-0.25, -0.2) is 4.79 Å². The van der Waals surface area contributed by atoms with Gasteiger partial charge in [0.15, 0.2) is 0 Å². The van der Waals surface area contributed by atoms with E-state index in [0.29, 0.717) is 26.2 Å². The lowest BCUT2D eigenvalue weighted by Crippen LogP contribution is -2.50. The second-order valence-electron chi connectivity index (χ2n) is 7.03. The Balaban J connectivity index is 1.74. The van der Waals surface area contributed by atoms with Crippen molar-refractivity contribution in [1.29, 1.82) is 0 Å². The summed E-state index contributed by atoms with van der Waals surface area (Å²) in [4.78, 5) is 30.3. The van der Waals surface area contributed by atoms with Crippen LogP contribution in [0, 0.1) is 0 Å². The molecule has 2 heterocycles. The van der Waals surface area contributed by atoms with E-state index in [1.54, 1.807) is 16.2 Å². The van der Waals surface area contributed by atoms with Gasteiger partial charge in [-0.05, 0) is 48.9 Å². The molecule has 1 aromatic heterocycles. The molecular formula is C22H29N3O3S. The molecule has 1 aliphatic rings. The Morgan fingerprint density at radius 1 is 1.24 bits per heavy atom. The predicted octanol–water partition coefficient (Wildman–Crippen LogP) is 3.69. The fourth-order valence-electron chi connectivity index (χ4n) is 3.61. The van der Waals surface area contributed by atoms with Crippen LogP contribution < -0.4 is 10.1 Å². The number of benzene rings is 1. The summed E-state index contributed by atoms with van der Waals surface area (Å²) in [5.74, 6) is 0.750. The topological polar surface area (TPSA) is 61.9 Å². The van der Waals surface area contributed by atoms with E-state index >= 15 is 0 Å². The second-order valence-corrected chi connectivity index (χ2v) is 8.03. The van der Waals surface area contributed by atoms with Crippen LogP contribution in [0.1, 0.15) is 36.8 Å². The average molecular weight is 416 g/mol. The molecule has 29 heavy (non-hydrogen) atoms. The largest absolute Gasteiger partial charge is 0.491 e. The quantitative estimate of drug-likeness (QED) is 0.715. The molecule has 0 saturated carbocycles. The molecule has 7 heteroatoms. The van der Waals surface area contributed by atoms with Crippen LogP contribution in [0.25, 0.3) is 0 Å². The van der Waals surface area contributed by atoms with Crippen molar-refractivity contribution in [3.8, 4) is 5.75 Å². The fourth-order valence-corrected chi connectivity index (χ4v) is 4.53. The first-order chi connectivity index (χ1) is 14.1. The number of amides is 3. The molecule has 1 aliphatic heterocycles. The van der Waals surface area contributed by atoms with E-state index in [4.69, 9.17) is 4.74 Å². The number of thiophene rings is 1. The number of nitrogens with zero attached hydrogens (tertiary/aromatic N) is 2. The predicted molar refractivity (Wildman–Crippen MR) is 115 cm³/mol. The second kappa shape index (κ2) is 10.3. The van der Waals surface area contributed by atoms with Gasteiger partial charge in [0.25, 0.3) is 0 Å². The van der Waals surface area contributed by atoms with Crippen LogP contribution in [-0.2, 0) is 11.2 Å². The van der Waals surface area contributed by atoms with Crippen molar-refractivity contribution in [2.24, 2.45) is 0 Å². The first-order valence-corrected chi connectivity index (χ1v) is 11.1. The number of nitrogens with one attached hydrogen (secondary N) is 1. The number of hydrogen-bond donors (Lipinski definition) is 1. The molecular weight excluding hydrogens is 386 g/mol. The number of rotatable bonds is 8. The zero-order chi connectivity index (χ0) is 20.6. The summed E-state index contributed by atoms with van der Waals surface area (Å²) in [5, 5.41) is 4.88. The van der Waals surface area contributed by atoms with Gasteiger partial charge in [0.05, 0.1) is 6.04 Å². The Bertz CT molecular complexity index is 809. The van der Waals surface area contributed by atoms with Crippen LogP contribution in [0.5, 0.6) is 5.75 Å². The van der Waals surface area contributed by atoms with E-state index < -0.39 is 0 Å². The third kappa shape index (κ3) is 5.29. The number of carbonyl (C=O) groups excluding carboxylic acids is 2. The third-order valence-corrected chi connectivity index (χ3v) is 6.00. The molecule has 3 rings (SSSR count). The maximum atomic E-state index is 13.2. The highest BCUT2D eigenvalue weighted by Gasteiger charge is 2.33. The number of fused-ring (bicyclic) bond motifs is 1. The zero-order valence-electron chi connectivity index (χ0n) is 17.1. The lowest BCUT2D eigenvalue weighted by Gasteiger charge is -2.37. The summed E-state index contributed by atoms with van der Waals surface area (Å²) in [6.07, 6.45) is 1.65. The molecule has 0 bridgehead atoms. The first kappa shape index (κ1) is 21.2. The highest BCUT2D eigenvalue weighted by Crippen LogP contribution is 2.34. The Hall–Kier alpha value is -2.54. The number of hydrogen-bond acceptors (Lipinski definition) is 4. The average Bonchev–Trinajstić information content (AvgIpc) is 3.21. The number of urea groups is 1. The van der Waals surface area contributed by atoms with Crippen LogP contribution >= 0.6 is 11.3 Å². The van der Waals surface area contributed by atoms with Gasteiger partial charge in [-0.15, -0.1) is 11.3 Å². The highest BCUT2D eigenvalue weighted by molar-refractivity contribution is 7.10. The smallest absolute Gasteiger partial charge is 0.317 e. The lowest BCUT2D eigenvalue weighted by molar-refractivity contribution is -0.135. The number of ether oxygens (including phenoxy) is 1. The number of carbonyl (C=O) groups is 2. The van der Waals surface area contributed by atoms with Crippen LogP contribution in [0.15, 0.2) is 41.8 Å². The van der Waals surface area contributed by atoms with Crippen LogP contribution in [0.4, 0.5) is 4.79 Å². The van der Waals surface area contributed by atoms with Gasteiger partial charge in [0.2, 0.25) is 5.91 Å². The molecule has 1 N–H and O–H groups in total. The normalized spacial score (nSPS) is 15.5. The summed E-state index contributed by atoms with van der Waals surface area (Å²) < 4.78 is 6.01. The minimum atomic E-state index is -0.187. The standard InChI is InChI=1S/C22H29N3O3S/c1-3-12-24(22(27)23-4-2)15-21(26)25-13-10-20-18(11-14-29-20)19(25)16-28-17-8-6-5-7-9-17/h5-9,11,14,19H,3-4,10,12-13,15-16H2,1-2H3,(H,23,27)/t19-/m0/s1. The molecule has 2 aromatic rings. The van der Waals surface area contributed by atoms with E-state index in [1.807, 2.05) is 49.1 Å². The summed E-state index contributed by atoms with van der Waals surface area (Å²) >= 11 is 1.73. The monoisotopic (exact) mass is 415 g/mol. The van der Waals surface area contributed by atoms with Gasteiger partial charge in [-0.1, -0.05) is 25.1 Å². The van der Waals surface area contributed by atoms with E-state index in [1.165, 1.54) is 4.88 Å². The highest BCUT2D eigenvalue weighted by atomic mass is 32.1. The Kier molecular flexibility index (Phi) is 7.52. The Morgan fingerprint density at radius 2 is 2.03 bits per heavy atom. The summed E-state index contributed by atoms with van der Waals surface area (Å²) in [6, 6.07) is 11.4. The maximum Gasteiger partial charge on any atom is 0.317 e. The molecule has 1 aromatic carbocycles. The van der Waals surface area contributed by atoms with Crippen molar-refractivity contribution in [2.45, 2.75) is 32.7 Å². The van der Waals surface area contributed by atoms with E-state index in [0.717, 1.165) is 24.2 Å². The molecule has 0 aliphatic carbocycles. The first-order valence-electron chi connectivity index (χ1n) is 10.2.